The number of hydrogen-bond donors (Lipinski definition) is 1. The van der Waals surface area contributed by atoms with Gasteiger partial charge in [0.15, 0.2) is 9.84 Å². The minimum Gasteiger partial charge on any atom is -0.478 e. The maximum Gasteiger partial charge on any atom is 0.337 e. The van der Waals surface area contributed by atoms with E-state index in [0.717, 1.165) is 6.26 Å². The quantitative estimate of drug-likeness (QED) is 0.919. The Morgan fingerprint density at radius 2 is 1.86 bits per heavy atom. The largest absolute Gasteiger partial charge is 0.478 e. The molecule has 0 saturated carbocycles. The highest BCUT2D eigenvalue weighted by molar-refractivity contribution is 8.00. The van der Waals surface area contributed by atoms with E-state index in [4.69, 9.17) is 16.7 Å². The van der Waals surface area contributed by atoms with Crippen LogP contribution >= 0.6 is 23.4 Å². The monoisotopic (exact) mass is 342 g/mol. The summed E-state index contributed by atoms with van der Waals surface area (Å²) in [6.45, 7) is 0. The van der Waals surface area contributed by atoms with Gasteiger partial charge in [-0.3, -0.25) is 0 Å². The molecule has 0 aliphatic rings. The molecular formula is C14H11ClO4S2. The van der Waals surface area contributed by atoms with Gasteiger partial charge in [0.1, 0.15) is 0 Å². The van der Waals surface area contributed by atoms with Crippen molar-refractivity contribution in [1.29, 1.82) is 0 Å². The van der Waals surface area contributed by atoms with Crippen LogP contribution in [0.3, 0.4) is 0 Å². The number of sulfone groups is 1. The number of carbonyl (C=O) groups is 1. The molecule has 2 aromatic carbocycles. The number of hydrogen-bond acceptors (Lipinski definition) is 4. The van der Waals surface area contributed by atoms with Crippen LogP contribution in [0.2, 0.25) is 5.02 Å². The van der Waals surface area contributed by atoms with Gasteiger partial charge in [0.25, 0.3) is 0 Å². The molecule has 7 heteroatoms. The normalized spacial score (nSPS) is 11.3. The maximum atomic E-state index is 11.7. The third-order valence-corrected chi connectivity index (χ3v) is 5.32. The van der Waals surface area contributed by atoms with E-state index in [9.17, 15) is 13.2 Å². The molecule has 0 heterocycles. The Balaban J connectivity index is 2.45. The average Bonchev–Trinajstić information content (AvgIpc) is 2.40. The Hall–Kier alpha value is -1.50. The van der Waals surface area contributed by atoms with Crippen LogP contribution in [-0.2, 0) is 9.84 Å². The van der Waals surface area contributed by atoms with Crippen LogP contribution in [0.25, 0.3) is 0 Å². The summed E-state index contributed by atoms with van der Waals surface area (Å²) in [5, 5.41) is 9.19. The van der Waals surface area contributed by atoms with Crippen LogP contribution < -0.4 is 0 Å². The van der Waals surface area contributed by atoms with E-state index >= 15 is 0 Å². The van der Waals surface area contributed by atoms with E-state index in [-0.39, 0.29) is 15.5 Å². The summed E-state index contributed by atoms with van der Waals surface area (Å²) >= 11 is 6.99. The second-order valence-corrected chi connectivity index (χ2v) is 7.77. The lowest BCUT2D eigenvalue weighted by Gasteiger charge is -2.08. The highest BCUT2D eigenvalue weighted by atomic mass is 35.5. The van der Waals surface area contributed by atoms with Gasteiger partial charge in [-0.25, -0.2) is 13.2 Å². The lowest BCUT2D eigenvalue weighted by atomic mass is 10.2. The van der Waals surface area contributed by atoms with Crippen LogP contribution in [0.15, 0.2) is 57.2 Å². The number of rotatable bonds is 4. The Bertz CT molecular complexity index is 800. The lowest BCUT2D eigenvalue weighted by molar-refractivity contribution is 0.0697. The fourth-order valence-electron chi connectivity index (χ4n) is 1.70. The highest BCUT2D eigenvalue weighted by Gasteiger charge is 2.15. The number of aromatic carboxylic acids is 1. The molecule has 0 aliphatic carbocycles. The first-order valence-corrected chi connectivity index (χ1v) is 8.87. The van der Waals surface area contributed by atoms with Crippen LogP contribution in [0, 0.1) is 0 Å². The van der Waals surface area contributed by atoms with Crippen molar-refractivity contribution in [1.82, 2.24) is 0 Å². The molecule has 0 fully saturated rings. The summed E-state index contributed by atoms with van der Waals surface area (Å²) in [5.74, 6) is -1.13. The molecule has 0 aliphatic heterocycles. The van der Waals surface area contributed by atoms with E-state index in [1.165, 1.54) is 30.0 Å². The molecule has 0 bridgehead atoms. The SMILES string of the molecule is CS(=O)(=O)c1ccccc1Sc1ccc(Cl)c(C(=O)O)c1. The molecule has 110 valence electrons. The van der Waals surface area contributed by atoms with Crippen molar-refractivity contribution in [3.05, 3.63) is 53.1 Å². The molecular weight excluding hydrogens is 332 g/mol. The molecule has 0 aromatic heterocycles. The molecule has 21 heavy (non-hydrogen) atoms. The smallest absolute Gasteiger partial charge is 0.337 e. The van der Waals surface area contributed by atoms with Gasteiger partial charge < -0.3 is 5.11 Å². The van der Waals surface area contributed by atoms with Crippen LogP contribution in [0.4, 0.5) is 0 Å². The fourth-order valence-corrected chi connectivity index (χ4v) is 4.12. The minimum absolute atomic E-state index is 0.0153. The number of halogens is 1. The van der Waals surface area contributed by atoms with Gasteiger partial charge in [0, 0.05) is 16.0 Å². The summed E-state index contributed by atoms with van der Waals surface area (Å²) in [7, 11) is -3.35. The summed E-state index contributed by atoms with van der Waals surface area (Å²) in [6, 6.07) is 11.1. The summed E-state index contributed by atoms with van der Waals surface area (Å²) in [4.78, 5) is 12.4. The molecule has 4 nitrogen and oxygen atoms in total. The van der Waals surface area contributed by atoms with Gasteiger partial charge >= 0.3 is 5.97 Å². The number of carboxylic acid groups (broad SMARTS) is 1. The first-order valence-electron chi connectivity index (χ1n) is 5.79. The van der Waals surface area contributed by atoms with Crippen LogP contribution in [-0.4, -0.2) is 25.7 Å². The van der Waals surface area contributed by atoms with Gasteiger partial charge in [-0.1, -0.05) is 35.5 Å². The first-order chi connectivity index (χ1) is 9.79. The fraction of sp³-hybridized carbons (Fsp3) is 0.0714. The van der Waals surface area contributed by atoms with Gasteiger partial charge in [0.05, 0.1) is 15.5 Å². The number of benzene rings is 2. The van der Waals surface area contributed by atoms with E-state index in [1.807, 2.05) is 0 Å². The Morgan fingerprint density at radius 3 is 2.48 bits per heavy atom. The van der Waals surface area contributed by atoms with Gasteiger partial charge in [-0.15, -0.1) is 0 Å². The molecule has 0 saturated heterocycles. The van der Waals surface area contributed by atoms with Crippen molar-refractivity contribution in [3.8, 4) is 0 Å². The van der Waals surface area contributed by atoms with Crippen molar-refractivity contribution in [2.45, 2.75) is 14.7 Å². The third-order valence-electron chi connectivity index (χ3n) is 2.64. The van der Waals surface area contributed by atoms with Crippen LogP contribution in [0.1, 0.15) is 10.4 Å². The molecule has 1 N–H and O–H groups in total. The summed E-state index contributed by atoms with van der Waals surface area (Å²) < 4.78 is 23.5. The highest BCUT2D eigenvalue weighted by Crippen LogP contribution is 2.34. The first kappa shape index (κ1) is 15.9. The molecule has 2 rings (SSSR count). The topological polar surface area (TPSA) is 71.4 Å². The molecule has 0 radical (unpaired) electrons. The van der Waals surface area contributed by atoms with E-state index < -0.39 is 15.8 Å². The van der Waals surface area contributed by atoms with Crippen LogP contribution in [0.5, 0.6) is 0 Å². The predicted molar refractivity (Wildman–Crippen MR) is 82.1 cm³/mol. The second kappa shape index (κ2) is 6.09. The molecule has 0 unspecified atom stereocenters. The Labute approximate surface area is 131 Å². The van der Waals surface area contributed by atoms with Crippen molar-refractivity contribution in [3.63, 3.8) is 0 Å². The van der Waals surface area contributed by atoms with Gasteiger partial charge in [-0.05, 0) is 30.3 Å². The third kappa shape index (κ3) is 3.78. The van der Waals surface area contributed by atoms with E-state index in [2.05, 4.69) is 0 Å². The molecule has 2 aromatic rings. The minimum atomic E-state index is -3.35. The zero-order valence-electron chi connectivity index (χ0n) is 10.9. The van der Waals surface area contributed by atoms with Gasteiger partial charge in [0.2, 0.25) is 0 Å². The Morgan fingerprint density at radius 1 is 1.19 bits per heavy atom. The van der Waals surface area contributed by atoms with Crippen molar-refractivity contribution in [2.24, 2.45) is 0 Å². The Kier molecular flexibility index (Phi) is 4.61. The predicted octanol–water partition coefficient (Wildman–Crippen LogP) is 3.59. The second-order valence-electron chi connectivity index (χ2n) is 4.27. The molecule has 0 spiro atoms. The number of carboxylic acids is 1. The van der Waals surface area contributed by atoms with E-state index in [1.54, 1.807) is 24.3 Å². The van der Waals surface area contributed by atoms with Crippen molar-refractivity contribution >= 4 is 39.2 Å². The summed E-state index contributed by atoms with van der Waals surface area (Å²) in [5.41, 5.74) is -0.0153. The lowest BCUT2D eigenvalue weighted by Crippen LogP contribution is -1.99. The zero-order chi connectivity index (χ0) is 15.6. The summed E-state index contributed by atoms with van der Waals surface area (Å²) in [6.07, 6.45) is 1.14. The van der Waals surface area contributed by atoms with Gasteiger partial charge in [-0.2, -0.15) is 0 Å². The molecule has 0 amide bonds. The van der Waals surface area contributed by atoms with Crippen molar-refractivity contribution in [2.75, 3.05) is 6.26 Å². The average molecular weight is 343 g/mol. The molecule has 0 atom stereocenters. The van der Waals surface area contributed by atoms with Crippen molar-refractivity contribution < 1.29 is 18.3 Å². The zero-order valence-corrected chi connectivity index (χ0v) is 13.3. The standard InChI is InChI=1S/C14H11ClO4S2/c1-21(18,19)13-5-3-2-4-12(13)20-9-6-7-11(15)10(8-9)14(16)17/h2-8H,1H3,(H,16,17). The van der Waals surface area contributed by atoms with E-state index in [0.29, 0.717) is 9.79 Å². The maximum absolute atomic E-state index is 11.7.